The number of hydrogen-bond acceptors (Lipinski definition) is 5. The van der Waals surface area contributed by atoms with Crippen molar-refractivity contribution in [3.05, 3.63) is 54.1 Å². The predicted octanol–water partition coefficient (Wildman–Crippen LogP) is 1.50. The van der Waals surface area contributed by atoms with E-state index in [1.54, 1.807) is 12.4 Å². The fourth-order valence-corrected chi connectivity index (χ4v) is 2.54. The summed E-state index contributed by atoms with van der Waals surface area (Å²) < 4.78 is 1.81. The number of hydrazine groups is 1. The maximum atomic E-state index is 5.75. The summed E-state index contributed by atoms with van der Waals surface area (Å²) in [5.41, 5.74) is 6.95. The van der Waals surface area contributed by atoms with Crippen LogP contribution < -0.4 is 11.3 Å². The van der Waals surface area contributed by atoms with E-state index in [-0.39, 0.29) is 6.04 Å². The van der Waals surface area contributed by atoms with E-state index in [9.17, 15) is 0 Å². The number of benzene rings is 1. The lowest BCUT2D eigenvalue weighted by Crippen LogP contribution is -2.28. The standard InChI is InChI=1S/C15H18N6/c1-21-10-11(9-19-21)5-6-13(20-16)12-3-2-4-14-15(12)18-8-7-17-14/h2-4,7-10,13,20H,5-6,16H2,1H3. The Morgan fingerprint density at radius 2 is 2.14 bits per heavy atom. The third-order valence-corrected chi connectivity index (χ3v) is 3.59. The molecule has 0 bridgehead atoms. The fraction of sp³-hybridized carbons (Fsp3) is 0.267. The summed E-state index contributed by atoms with van der Waals surface area (Å²) in [6, 6.07) is 6.03. The van der Waals surface area contributed by atoms with Crippen molar-refractivity contribution in [3.8, 4) is 0 Å². The number of rotatable bonds is 5. The van der Waals surface area contributed by atoms with Gasteiger partial charge in [-0.25, -0.2) is 0 Å². The summed E-state index contributed by atoms with van der Waals surface area (Å²) in [6.45, 7) is 0. The van der Waals surface area contributed by atoms with Crippen molar-refractivity contribution in [1.29, 1.82) is 0 Å². The number of hydrogen-bond donors (Lipinski definition) is 2. The number of para-hydroxylation sites is 1. The van der Waals surface area contributed by atoms with Crippen LogP contribution >= 0.6 is 0 Å². The average molecular weight is 282 g/mol. The third kappa shape index (κ3) is 2.91. The highest BCUT2D eigenvalue weighted by Gasteiger charge is 2.14. The van der Waals surface area contributed by atoms with Gasteiger partial charge in [0.1, 0.15) is 0 Å². The van der Waals surface area contributed by atoms with Crippen LogP contribution in [0.15, 0.2) is 43.0 Å². The second-order valence-electron chi connectivity index (χ2n) is 5.05. The Bertz CT molecular complexity index is 730. The van der Waals surface area contributed by atoms with E-state index in [0.29, 0.717) is 0 Å². The lowest BCUT2D eigenvalue weighted by molar-refractivity contribution is 0.519. The molecular formula is C15H18N6. The van der Waals surface area contributed by atoms with Gasteiger partial charge in [0.05, 0.1) is 17.2 Å². The SMILES string of the molecule is Cn1cc(CCC(NN)c2cccc3nccnc23)cn1. The Labute approximate surface area is 123 Å². The zero-order chi connectivity index (χ0) is 14.7. The lowest BCUT2D eigenvalue weighted by Gasteiger charge is -2.17. The van der Waals surface area contributed by atoms with Crippen molar-refractivity contribution < 1.29 is 0 Å². The van der Waals surface area contributed by atoms with Gasteiger partial charge in [0.2, 0.25) is 0 Å². The van der Waals surface area contributed by atoms with Gasteiger partial charge in [-0.15, -0.1) is 0 Å². The quantitative estimate of drug-likeness (QED) is 0.547. The van der Waals surface area contributed by atoms with Crippen molar-refractivity contribution in [1.82, 2.24) is 25.2 Å². The normalized spacial score (nSPS) is 12.7. The Morgan fingerprint density at radius 3 is 2.90 bits per heavy atom. The van der Waals surface area contributed by atoms with E-state index in [1.807, 2.05) is 42.3 Å². The van der Waals surface area contributed by atoms with Crippen LogP contribution in [0.1, 0.15) is 23.6 Å². The van der Waals surface area contributed by atoms with Gasteiger partial charge in [-0.05, 0) is 30.0 Å². The van der Waals surface area contributed by atoms with Gasteiger partial charge < -0.3 is 0 Å². The molecule has 3 aromatic rings. The molecule has 6 nitrogen and oxygen atoms in total. The van der Waals surface area contributed by atoms with Crippen LogP contribution in [0.5, 0.6) is 0 Å². The largest absolute Gasteiger partial charge is 0.276 e. The highest BCUT2D eigenvalue weighted by molar-refractivity contribution is 5.78. The van der Waals surface area contributed by atoms with Crippen LogP contribution in [0.2, 0.25) is 0 Å². The van der Waals surface area contributed by atoms with E-state index in [4.69, 9.17) is 5.84 Å². The molecule has 2 heterocycles. The molecule has 0 spiro atoms. The number of aryl methyl sites for hydroxylation is 2. The maximum absolute atomic E-state index is 5.75. The number of nitrogens with zero attached hydrogens (tertiary/aromatic N) is 4. The first-order chi connectivity index (χ1) is 10.3. The van der Waals surface area contributed by atoms with E-state index in [0.717, 1.165) is 29.4 Å². The van der Waals surface area contributed by atoms with Crippen LogP contribution in [0.25, 0.3) is 11.0 Å². The monoisotopic (exact) mass is 282 g/mol. The van der Waals surface area contributed by atoms with Crippen molar-refractivity contribution in [2.75, 3.05) is 0 Å². The predicted molar refractivity (Wildman–Crippen MR) is 81.1 cm³/mol. The van der Waals surface area contributed by atoms with Gasteiger partial charge >= 0.3 is 0 Å². The molecular weight excluding hydrogens is 264 g/mol. The zero-order valence-corrected chi connectivity index (χ0v) is 11.9. The molecule has 1 aromatic carbocycles. The summed E-state index contributed by atoms with van der Waals surface area (Å²) in [6.07, 6.45) is 9.09. The molecule has 108 valence electrons. The first kappa shape index (κ1) is 13.7. The topological polar surface area (TPSA) is 81.7 Å². The molecule has 1 unspecified atom stereocenters. The van der Waals surface area contributed by atoms with E-state index in [2.05, 4.69) is 20.5 Å². The van der Waals surface area contributed by atoms with Gasteiger partial charge in [0.25, 0.3) is 0 Å². The molecule has 0 aliphatic carbocycles. The number of nitrogens with two attached hydrogens (primary N) is 1. The smallest absolute Gasteiger partial charge is 0.0935 e. The minimum absolute atomic E-state index is 0.0330. The highest BCUT2D eigenvalue weighted by atomic mass is 15.2. The maximum Gasteiger partial charge on any atom is 0.0935 e. The first-order valence-electron chi connectivity index (χ1n) is 6.91. The van der Waals surface area contributed by atoms with Crippen LogP contribution in [0.3, 0.4) is 0 Å². The Kier molecular flexibility index (Phi) is 3.89. The Balaban J connectivity index is 1.84. The summed E-state index contributed by atoms with van der Waals surface area (Å²) >= 11 is 0. The molecule has 0 amide bonds. The molecule has 0 fully saturated rings. The van der Waals surface area contributed by atoms with Crippen LogP contribution in [-0.2, 0) is 13.5 Å². The minimum Gasteiger partial charge on any atom is -0.276 e. The fourth-order valence-electron chi connectivity index (χ4n) is 2.54. The second kappa shape index (κ2) is 5.99. The Hall–Kier alpha value is -2.31. The molecule has 0 radical (unpaired) electrons. The van der Waals surface area contributed by atoms with Crippen molar-refractivity contribution in [2.24, 2.45) is 12.9 Å². The average Bonchev–Trinajstić information content (AvgIpc) is 2.93. The van der Waals surface area contributed by atoms with Gasteiger partial charge in [-0.2, -0.15) is 5.10 Å². The van der Waals surface area contributed by atoms with Crippen LogP contribution in [0, 0.1) is 0 Å². The van der Waals surface area contributed by atoms with E-state index in [1.165, 1.54) is 5.56 Å². The number of nitrogens with one attached hydrogen (secondary N) is 1. The van der Waals surface area contributed by atoms with Gasteiger partial charge in [0.15, 0.2) is 0 Å². The molecule has 3 N–H and O–H groups in total. The summed E-state index contributed by atoms with van der Waals surface area (Å²) in [5, 5.41) is 4.19. The third-order valence-electron chi connectivity index (χ3n) is 3.59. The molecule has 0 saturated carbocycles. The Morgan fingerprint density at radius 1 is 1.29 bits per heavy atom. The second-order valence-corrected chi connectivity index (χ2v) is 5.05. The van der Waals surface area contributed by atoms with Gasteiger partial charge in [-0.1, -0.05) is 12.1 Å². The first-order valence-corrected chi connectivity index (χ1v) is 6.91. The summed E-state index contributed by atoms with van der Waals surface area (Å²) in [5.74, 6) is 5.75. The van der Waals surface area contributed by atoms with Crippen LogP contribution in [-0.4, -0.2) is 19.7 Å². The van der Waals surface area contributed by atoms with Crippen molar-refractivity contribution >= 4 is 11.0 Å². The lowest BCUT2D eigenvalue weighted by atomic mass is 9.99. The van der Waals surface area contributed by atoms with E-state index < -0.39 is 0 Å². The molecule has 0 aliphatic rings. The summed E-state index contributed by atoms with van der Waals surface area (Å²) in [4.78, 5) is 8.77. The van der Waals surface area contributed by atoms with Crippen molar-refractivity contribution in [2.45, 2.75) is 18.9 Å². The molecule has 0 aliphatic heterocycles. The molecule has 6 heteroatoms. The molecule has 21 heavy (non-hydrogen) atoms. The zero-order valence-electron chi connectivity index (χ0n) is 11.9. The van der Waals surface area contributed by atoms with Gasteiger partial charge in [-0.3, -0.25) is 25.9 Å². The van der Waals surface area contributed by atoms with Gasteiger partial charge in [0, 0.05) is 31.7 Å². The summed E-state index contributed by atoms with van der Waals surface area (Å²) in [7, 11) is 1.92. The highest BCUT2D eigenvalue weighted by Crippen LogP contribution is 2.24. The minimum atomic E-state index is 0.0330. The van der Waals surface area contributed by atoms with Crippen molar-refractivity contribution in [3.63, 3.8) is 0 Å². The van der Waals surface area contributed by atoms with E-state index >= 15 is 0 Å². The molecule has 2 aromatic heterocycles. The molecule has 1 atom stereocenters. The number of aromatic nitrogens is 4. The molecule has 0 saturated heterocycles. The number of fused-ring (bicyclic) bond motifs is 1. The van der Waals surface area contributed by atoms with Crippen LogP contribution in [0.4, 0.5) is 0 Å². The molecule has 3 rings (SSSR count).